The number of hydrogen-bond donors (Lipinski definition) is 1. The van der Waals surface area contributed by atoms with Crippen molar-refractivity contribution >= 4 is 11.9 Å². The van der Waals surface area contributed by atoms with Crippen molar-refractivity contribution in [3.05, 3.63) is 48.0 Å². The summed E-state index contributed by atoms with van der Waals surface area (Å²) in [4.78, 5) is 24.2. The van der Waals surface area contributed by atoms with Gasteiger partial charge in [-0.1, -0.05) is 37.3 Å². The molecule has 3 rings (SSSR count). The van der Waals surface area contributed by atoms with E-state index in [9.17, 15) is 14.7 Å². The fourth-order valence-electron chi connectivity index (χ4n) is 3.89. The maximum atomic E-state index is 12.5. The predicted octanol–water partition coefficient (Wildman–Crippen LogP) is 3.13. The van der Waals surface area contributed by atoms with Gasteiger partial charge in [0.2, 0.25) is 0 Å². The van der Waals surface area contributed by atoms with E-state index in [1.165, 1.54) is 0 Å². The van der Waals surface area contributed by atoms with Gasteiger partial charge in [-0.15, -0.1) is 11.8 Å². The van der Waals surface area contributed by atoms with Crippen LogP contribution in [0.25, 0.3) is 0 Å². The number of ether oxygens (including phenoxy) is 2. The molecule has 1 aliphatic carbocycles. The summed E-state index contributed by atoms with van der Waals surface area (Å²) >= 11 is 0. The Morgan fingerprint density at radius 2 is 2.14 bits per heavy atom. The van der Waals surface area contributed by atoms with Gasteiger partial charge in [0.05, 0.1) is 18.1 Å². The molecule has 1 unspecified atom stereocenters. The molecule has 2 aliphatic rings. The highest BCUT2D eigenvalue weighted by molar-refractivity contribution is 5.89. The van der Waals surface area contributed by atoms with E-state index in [1.54, 1.807) is 37.3 Å². The van der Waals surface area contributed by atoms with E-state index in [0.717, 1.165) is 0 Å². The van der Waals surface area contributed by atoms with Gasteiger partial charge in [0.25, 0.3) is 0 Å². The Bertz CT molecular complexity index is 788. The lowest BCUT2D eigenvalue weighted by molar-refractivity contribution is -0.141. The predicted molar refractivity (Wildman–Crippen MR) is 104 cm³/mol. The molecule has 1 aromatic rings. The first-order valence-electron chi connectivity index (χ1n) is 9.71. The number of carbonyl (C=O) groups is 2. The zero-order valence-corrected chi connectivity index (χ0v) is 16.2. The van der Waals surface area contributed by atoms with Crippen molar-refractivity contribution in [3.63, 3.8) is 0 Å². The smallest absolute Gasteiger partial charge is 0.338 e. The fourth-order valence-corrected chi connectivity index (χ4v) is 3.89. The van der Waals surface area contributed by atoms with Crippen molar-refractivity contribution < 1.29 is 24.2 Å². The van der Waals surface area contributed by atoms with Crippen molar-refractivity contribution in [2.75, 3.05) is 0 Å². The monoisotopic (exact) mass is 382 g/mol. The maximum absolute atomic E-state index is 12.5. The lowest BCUT2D eigenvalue weighted by Crippen LogP contribution is -2.25. The lowest BCUT2D eigenvalue weighted by atomic mass is 9.90. The molecule has 1 saturated heterocycles. The van der Waals surface area contributed by atoms with E-state index in [4.69, 9.17) is 9.47 Å². The van der Waals surface area contributed by atoms with Crippen LogP contribution in [0.2, 0.25) is 0 Å². The standard InChI is InChI=1S/C23H26O5/c1-3-4-8-15(2)19(24)12-11-17-18-13-22(25)27-21(18)14-20(17)28-23(26)16-9-6-5-7-10-16/h5-7,9-12,15,17-21,24H,8,13-14H2,1-2H3/t15?,17-,18-,19+,20-,21+/m1/s1. The summed E-state index contributed by atoms with van der Waals surface area (Å²) in [5.74, 6) is 5.00. The van der Waals surface area contributed by atoms with Gasteiger partial charge in [0.1, 0.15) is 12.2 Å². The molecule has 5 heteroatoms. The van der Waals surface area contributed by atoms with Crippen molar-refractivity contribution in [1.29, 1.82) is 0 Å². The molecule has 5 nitrogen and oxygen atoms in total. The zero-order valence-electron chi connectivity index (χ0n) is 16.2. The van der Waals surface area contributed by atoms with Crippen LogP contribution in [0.5, 0.6) is 0 Å². The summed E-state index contributed by atoms with van der Waals surface area (Å²) in [7, 11) is 0. The number of hydrogen-bond acceptors (Lipinski definition) is 5. The third kappa shape index (κ3) is 4.63. The third-order valence-electron chi connectivity index (χ3n) is 5.53. The Morgan fingerprint density at radius 3 is 2.86 bits per heavy atom. The van der Waals surface area contributed by atoms with E-state index in [0.29, 0.717) is 24.8 Å². The van der Waals surface area contributed by atoms with Crippen LogP contribution < -0.4 is 0 Å². The SMILES string of the molecule is CC#CCC(C)[C@@H](O)C=C[C@@H]1[C@H]2CC(=O)O[C@H]2C[C@H]1OC(=O)c1ccccc1. The highest BCUT2D eigenvalue weighted by Crippen LogP contribution is 2.43. The van der Waals surface area contributed by atoms with Crippen LogP contribution in [-0.2, 0) is 14.3 Å². The van der Waals surface area contributed by atoms with E-state index < -0.39 is 6.10 Å². The molecule has 0 amide bonds. The Hall–Kier alpha value is -2.58. The number of carbonyl (C=O) groups excluding carboxylic acids is 2. The van der Waals surface area contributed by atoms with Gasteiger partial charge in [0.15, 0.2) is 0 Å². The number of esters is 2. The number of benzene rings is 1. The van der Waals surface area contributed by atoms with Crippen molar-refractivity contribution in [2.45, 2.75) is 51.4 Å². The molecule has 1 aromatic carbocycles. The van der Waals surface area contributed by atoms with Crippen molar-refractivity contribution in [2.24, 2.45) is 17.8 Å². The molecule has 0 bridgehead atoms. The lowest BCUT2D eigenvalue weighted by Gasteiger charge is -2.21. The van der Waals surface area contributed by atoms with Gasteiger partial charge in [0, 0.05) is 24.7 Å². The maximum Gasteiger partial charge on any atom is 0.338 e. The van der Waals surface area contributed by atoms with Gasteiger partial charge in [-0.2, -0.15) is 0 Å². The summed E-state index contributed by atoms with van der Waals surface area (Å²) in [6.07, 6.45) is 3.75. The highest BCUT2D eigenvalue weighted by Gasteiger charge is 2.50. The second-order valence-corrected chi connectivity index (χ2v) is 7.50. The second-order valence-electron chi connectivity index (χ2n) is 7.50. The molecule has 1 heterocycles. The van der Waals surface area contributed by atoms with Crippen LogP contribution in [0, 0.1) is 29.6 Å². The van der Waals surface area contributed by atoms with E-state index in [2.05, 4.69) is 11.8 Å². The zero-order chi connectivity index (χ0) is 20.1. The topological polar surface area (TPSA) is 72.8 Å². The molecule has 1 aliphatic heterocycles. The normalized spacial score (nSPS) is 28.2. The third-order valence-corrected chi connectivity index (χ3v) is 5.53. The average molecular weight is 382 g/mol. The number of aliphatic hydroxyl groups excluding tert-OH is 1. The summed E-state index contributed by atoms with van der Waals surface area (Å²) in [6, 6.07) is 8.84. The largest absolute Gasteiger partial charge is 0.462 e. The first-order valence-corrected chi connectivity index (χ1v) is 9.71. The summed E-state index contributed by atoms with van der Waals surface area (Å²) in [5, 5.41) is 10.4. The molecule has 0 radical (unpaired) electrons. The Balaban J connectivity index is 1.71. The van der Waals surface area contributed by atoms with E-state index >= 15 is 0 Å². The van der Waals surface area contributed by atoms with Crippen LogP contribution in [-0.4, -0.2) is 35.4 Å². The quantitative estimate of drug-likeness (QED) is 0.465. The van der Waals surface area contributed by atoms with Crippen LogP contribution >= 0.6 is 0 Å². The van der Waals surface area contributed by atoms with Crippen LogP contribution in [0.3, 0.4) is 0 Å². The molecule has 6 atom stereocenters. The summed E-state index contributed by atoms with van der Waals surface area (Å²) in [6.45, 7) is 3.71. The molecule has 0 spiro atoms. The van der Waals surface area contributed by atoms with Gasteiger partial charge < -0.3 is 14.6 Å². The molecule has 148 valence electrons. The summed E-state index contributed by atoms with van der Waals surface area (Å²) < 4.78 is 11.1. The Kier molecular flexibility index (Phi) is 6.53. The average Bonchev–Trinajstić information content (AvgIpc) is 3.20. The van der Waals surface area contributed by atoms with Crippen molar-refractivity contribution in [3.8, 4) is 11.8 Å². The first kappa shape index (κ1) is 20.2. The molecular formula is C23H26O5. The van der Waals surface area contributed by atoms with Crippen LogP contribution in [0.4, 0.5) is 0 Å². The van der Waals surface area contributed by atoms with Gasteiger partial charge >= 0.3 is 11.9 Å². The molecule has 1 saturated carbocycles. The van der Waals surface area contributed by atoms with Gasteiger partial charge in [-0.25, -0.2) is 4.79 Å². The van der Waals surface area contributed by atoms with E-state index in [-0.39, 0.29) is 41.9 Å². The second kappa shape index (κ2) is 9.07. The summed E-state index contributed by atoms with van der Waals surface area (Å²) in [5.41, 5.74) is 0.492. The molecule has 28 heavy (non-hydrogen) atoms. The first-order chi connectivity index (χ1) is 13.5. The minimum absolute atomic E-state index is 0.00678. The van der Waals surface area contributed by atoms with Crippen LogP contribution in [0.1, 0.15) is 43.5 Å². The Morgan fingerprint density at radius 1 is 1.39 bits per heavy atom. The number of rotatable bonds is 6. The van der Waals surface area contributed by atoms with Crippen molar-refractivity contribution in [1.82, 2.24) is 0 Å². The van der Waals surface area contributed by atoms with Gasteiger partial charge in [-0.05, 0) is 25.0 Å². The van der Waals surface area contributed by atoms with E-state index in [1.807, 2.05) is 19.1 Å². The van der Waals surface area contributed by atoms with Gasteiger partial charge in [-0.3, -0.25) is 4.79 Å². The molecule has 0 aromatic heterocycles. The fraction of sp³-hybridized carbons (Fsp3) is 0.478. The minimum atomic E-state index is -0.650. The minimum Gasteiger partial charge on any atom is -0.462 e. The number of aliphatic hydroxyl groups is 1. The Labute approximate surface area is 165 Å². The molecule has 1 N–H and O–H groups in total. The highest BCUT2D eigenvalue weighted by atomic mass is 16.6. The van der Waals surface area contributed by atoms with Crippen LogP contribution in [0.15, 0.2) is 42.5 Å². The molecular weight excluding hydrogens is 356 g/mol. The molecule has 2 fully saturated rings. The number of fused-ring (bicyclic) bond motifs is 1.